The van der Waals surface area contributed by atoms with Crippen LogP contribution >= 0.6 is 11.6 Å². The van der Waals surface area contributed by atoms with E-state index in [-0.39, 0.29) is 5.76 Å². The molecule has 0 fully saturated rings. The second-order valence-corrected chi connectivity index (χ2v) is 6.34. The number of ether oxygens (including phenoxy) is 2. The molecule has 0 unspecified atom stereocenters. The van der Waals surface area contributed by atoms with Crippen molar-refractivity contribution in [2.75, 3.05) is 12.4 Å². The molecular formula is C20H18ClNO5. The van der Waals surface area contributed by atoms with E-state index >= 15 is 0 Å². The number of fused-ring (bicyclic) bond motifs is 1. The number of carbonyl (C=O) groups is 2. The molecule has 1 heterocycles. The number of halogens is 1. The molecule has 6 nitrogen and oxygen atoms in total. The Balaban J connectivity index is 1.74. The van der Waals surface area contributed by atoms with Crippen molar-refractivity contribution in [1.82, 2.24) is 0 Å². The van der Waals surface area contributed by atoms with Crippen LogP contribution < -0.4 is 10.1 Å². The van der Waals surface area contributed by atoms with Gasteiger partial charge in [0, 0.05) is 10.9 Å². The third-order valence-corrected chi connectivity index (χ3v) is 4.44. The van der Waals surface area contributed by atoms with Crippen molar-refractivity contribution in [2.24, 2.45) is 0 Å². The molecule has 1 amide bonds. The zero-order chi connectivity index (χ0) is 19.6. The number of esters is 1. The Morgan fingerprint density at radius 1 is 1.19 bits per heavy atom. The van der Waals surface area contributed by atoms with Gasteiger partial charge >= 0.3 is 5.97 Å². The second-order valence-electron chi connectivity index (χ2n) is 5.93. The summed E-state index contributed by atoms with van der Waals surface area (Å²) in [5, 5.41) is 3.77. The third-order valence-electron chi connectivity index (χ3n) is 4.11. The predicted octanol–water partition coefficient (Wildman–Crippen LogP) is 4.59. The molecule has 27 heavy (non-hydrogen) atoms. The average Bonchev–Trinajstić information content (AvgIpc) is 2.99. The highest BCUT2D eigenvalue weighted by atomic mass is 35.5. The van der Waals surface area contributed by atoms with E-state index in [9.17, 15) is 9.59 Å². The molecule has 0 aliphatic rings. The molecule has 0 saturated heterocycles. The maximum Gasteiger partial charge on any atom is 0.375 e. The summed E-state index contributed by atoms with van der Waals surface area (Å²) < 4.78 is 16.0. The highest BCUT2D eigenvalue weighted by molar-refractivity contribution is 6.33. The molecule has 0 spiro atoms. The van der Waals surface area contributed by atoms with E-state index in [1.54, 1.807) is 56.5 Å². The number of para-hydroxylation sites is 1. The summed E-state index contributed by atoms with van der Waals surface area (Å²) in [4.78, 5) is 24.7. The van der Waals surface area contributed by atoms with Gasteiger partial charge in [-0.25, -0.2) is 4.79 Å². The molecule has 140 valence electrons. The molecule has 0 radical (unpaired) electrons. The minimum Gasteiger partial charge on any atom is -0.497 e. The Morgan fingerprint density at radius 3 is 2.63 bits per heavy atom. The van der Waals surface area contributed by atoms with Gasteiger partial charge in [-0.1, -0.05) is 23.7 Å². The lowest BCUT2D eigenvalue weighted by Crippen LogP contribution is -2.30. The predicted molar refractivity (Wildman–Crippen MR) is 102 cm³/mol. The number of amides is 1. The fourth-order valence-corrected chi connectivity index (χ4v) is 2.77. The third kappa shape index (κ3) is 3.90. The van der Waals surface area contributed by atoms with Crippen LogP contribution in [0.1, 0.15) is 23.0 Å². The molecule has 0 bridgehead atoms. The zero-order valence-electron chi connectivity index (χ0n) is 15.0. The Bertz CT molecular complexity index is 1010. The van der Waals surface area contributed by atoms with Gasteiger partial charge in [0.05, 0.1) is 17.8 Å². The first-order chi connectivity index (χ1) is 12.9. The fraction of sp³-hybridized carbons (Fsp3) is 0.200. The van der Waals surface area contributed by atoms with E-state index in [2.05, 4.69) is 5.32 Å². The molecule has 3 rings (SSSR count). The zero-order valence-corrected chi connectivity index (χ0v) is 15.8. The number of methoxy groups -OCH3 is 1. The molecule has 1 atom stereocenters. The first-order valence-corrected chi connectivity index (χ1v) is 8.62. The van der Waals surface area contributed by atoms with Crippen molar-refractivity contribution in [1.29, 1.82) is 0 Å². The van der Waals surface area contributed by atoms with Gasteiger partial charge in [0.1, 0.15) is 11.3 Å². The van der Waals surface area contributed by atoms with Crippen molar-refractivity contribution in [3.05, 3.63) is 58.8 Å². The molecule has 2 aromatic carbocycles. The highest BCUT2D eigenvalue weighted by Crippen LogP contribution is 2.29. The van der Waals surface area contributed by atoms with Crippen molar-refractivity contribution < 1.29 is 23.5 Å². The summed E-state index contributed by atoms with van der Waals surface area (Å²) in [6.07, 6.45) is -1.03. The Labute approximate surface area is 161 Å². The first kappa shape index (κ1) is 18.8. The van der Waals surface area contributed by atoms with E-state index in [0.29, 0.717) is 27.6 Å². The van der Waals surface area contributed by atoms with Gasteiger partial charge in [0.2, 0.25) is 5.76 Å². The molecule has 1 aromatic heterocycles. The van der Waals surface area contributed by atoms with Gasteiger partial charge in [0.15, 0.2) is 6.10 Å². The van der Waals surface area contributed by atoms with Crippen LogP contribution in [0.3, 0.4) is 0 Å². The number of aryl methyl sites for hydroxylation is 1. The largest absolute Gasteiger partial charge is 0.497 e. The Kier molecular flexibility index (Phi) is 5.37. The summed E-state index contributed by atoms with van der Waals surface area (Å²) in [5.74, 6) is -0.509. The van der Waals surface area contributed by atoms with Crippen LogP contribution in [0.5, 0.6) is 5.75 Å². The first-order valence-electron chi connectivity index (χ1n) is 8.24. The molecular weight excluding hydrogens is 370 g/mol. The van der Waals surface area contributed by atoms with E-state index in [0.717, 1.165) is 5.39 Å². The van der Waals surface area contributed by atoms with Gasteiger partial charge in [-0.15, -0.1) is 0 Å². The number of nitrogens with one attached hydrogen (secondary N) is 1. The number of benzene rings is 2. The summed E-state index contributed by atoms with van der Waals surface area (Å²) in [5.41, 5.74) is 1.60. The SMILES string of the molecule is COc1ccc2oc(C(=O)O[C@@H](C)C(=O)Nc3ccccc3Cl)c(C)c2c1. The number of carbonyl (C=O) groups excluding carboxylic acids is 2. The van der Waals surface area contributed by atoms with Crippen LogP contribution in [0, 0.1) is 6.92 Å². The lowest BCUT2D eigenvalue weighted by Gasteiger charge is -2.13. The molecule has 0 aliphatic carbocycles. The second kappa shape index (κ2) is 7.72. The standard InChI is InChI=1S/C20H18ClNO5/c1-11-14-10-13(25-3)8-9-17(14)27-18(11)20(24)26-12(2)19(23)22-16-7-5-4-6-15(16)21/h4-10,12H,1-3H3,(H,22,23)/t12-/m0/s1. The van der Waals surface area contributed by atoms with E-state index in [1.165, 1.54) is 6.92 Å². The molecule has 7 heteroatoms. The smallest absolute Gasteiger partial charge is 0.375 e. The summed E-state index contributed by atoms with van der Waals surface area (Å²) >= 11 is 6.02. The topological polar surface area (TPSA) is 77.8 Å². The normalized spacial score (nSPS) is 11.9. The number of furan rings is 1. The maximum absolute atomic E-state index is 12.5. The molecule has 0 saturated carbocycles. The van der Waals surface area contributed by atoms with E-state index in [1.807, 2.05) is 0 Å². The van der Waals surface area contributed by atoms with Crippen LogP contribution in [0.25, 0.3) is 11.0 Å². The summed E-state index contributed by atoms with van der Waals surface area (Å²) in [7, 11) is 1.56. The van der Waals surface area contributed by atoms with Crippen molar-refractivity contribution in [3.8, 4) is 5.75 Å². The quantitative estimate of drug-likeness (QED) is 0.648. The highest BCUT2D eigenvalue weighted by Gasteiger charge is 2.24. The fourth-order valence-electron chi connectivity index (χ4n) is 2.59. The number of rotatable bonds is 5. The van der Waals surface area contributed by atoms with Gasteiger partial charge < -0.3 is 19.2 Å². The Morgan fingerprint density at radius 2 is 1.93 bits per heavy atom. The van der Waals surface area contributed by atoms with Crippen molar-refractivity contribution >= 4 is 40.1 Å². The van der Waals surface area contributed by atoms with Gasteiger partial charge in [-0.2, -0.15) is 0 Å². The van der Waals surface area contributed by atoms with E-state index in [4.69, 9.17) is 25.5 Å². The van der Waals surface area contributed by atoms with Crippen LogP contribution in [-0.4, -0.2) is 25.1 Å². The van der Waals surface area contributed by atoms with Crippen LogP contribution in [-0.2, 0) is 9.53 Å². The molecule has 1 N–H and O–H groups in total. The monoisotopic (exact) mass is 387 g/mol. The van der Waals surface area contributed by atoms with Crippen molar-refractivity contribution in [2.45, 2.75) is 20.0 Å². The molecule has 3 aromatic rings. The number of anilines is 1. The van der Waals surface area contributed by atoms with Crippen LogP contribution in [0.2, 0.25) is 5.02 Å². The summed E-state index contributed by atoms with van der Waals surface area (Å²) in [6, 6.07) is 12.0. The minimum atomic E-state index is -1.03. The van der Waals surface area contributed by atoms with Crippen LogP contribution in [0.15, 0.2) is 46.9 Å². The van der Waals surface area contributed by atoms with Gasteiger partial charge in [-0.3, -0.25) is 4.79 Å². The Hall–Kier alpha value is -2.99. The molecule has 0 aliphatic heterocycles. The minimum absolute atomic E-state index is 0.0515. The summed E-state index contributed by atoms with van der Waals surface area (Å²) in [6.45, 7) is 3.22. The van der Waals surface area contributed by atoms with E-state index < -0.39 is 18.0 Å². The number of hydrogen-bond donors (Lipinski definition) is 1. The maximum atomic E-state index is 12.5. The lowest BCUT2D eigenvalue weighted by molar-refractivity contribution is -0.123. The van der Waals surface area contributed by atoms with Crippen LogP contribution in [0.4, 0.5) is 5.69 Å². The van der Waals surface area contributed by atoms with Gasteiger partial charge in [-0.05, 0) is 44.2 Å². The lowest BCUT2D eigenvalue weighted by atomic mass is 10.1. The average molecular weight is 388 g/mol. The number of hydrogen-bond acceptors (Lipinski definition) is 5. The van der Waals surface area contributed by atoms with Crippen molar-refractivity contribution in [3.63, 3.8) is 0 Å². The van der Waals surface area contributed by atoms with Gasteiger partial charge in [0.25, 0.3) is 5.91 Å².